The van der Waals surface area contributed by atoms with Crippen LogP contribution < -0.4 is 4.72 Å². The van der Waals surface area contributed by atoms with Crippen LogP contribution in [0.2, 0.25) is 0 Å². The first-order valence-corrected chi connectivity index (χ1v) is 11.4. The summed E-state index contributed by atoms with van der Waals surface area (Å²) in [5.41, 5.74) is 1.24. The third-order valence-electron chi connectivity index (χ3n) is 5.33. The molecule has 0 radical (unpaired) electrons. The zero-order valence-electron chi connectivity index (χ0n) is 17.2. The second-order valence-electron chi connectivity index (χ2n) is 7.51. The monoisotopic (exact) mass is 453 g/mol. The number of benzene rings is 2. The summed E-state index contributed by atoms with van der Waals surface area (Å²) >= 11 is 0. The van der Waals surface area contributed by atoms with Gasteiger partial charge in [-0.3, -0.25) is 19.5 Å². The molecule has 1 atom stereocenters. The average molecular weight is 453 g/mol. The van der Waals surface area contributed by atoms with Crippen LogP contribution >= 0.6 is 0 Å². The first kappa shape index (κ1) is 21.8. The number of carbonyl (C=O) groups excluding carboxylic acids is 2. The van der Waals surface area contributed by atoms with Crippen LogP contribution in [0, 0.1) is 5.82 Å². The van der Waals surface area contributed by atoms with Crippen molar-refractivity contribution in [3.63, 3.8) is 0 Å². The van der Waals surface area contributed by atoms with E-state index < -0.39 is 27.7 Å². The quantitative estimate of drug-likeness (QED) is 0.555. The summed E-state index contributed by atoms with van der Waals surface area (Å²) in [5.74, 6) is -2.06. The van der Waals surface area contributed by atoms with Gasteiger partial charge in [0.05, 0.1) is 17.0 Å². The van der Waals surface area contributed by atoms with Crippen LogP contribution in [0.4, 0.5) is 4.39 Å². The fourth-order valence-electron chi connectivity index (χ4n) is 3.55. The van der Waals surface area contributed by atoms with Gasteiger partial charge in [0.1, 0.15) is 11.5 Å². The molecule has 2 amide bonds. The topological polar surface area (TPSA) is 96.4 Å². The molecular formula is C23H20FN3O4S. The van der Waals surface area contributed by atoms with Crippen molar-refractivity contribution < 1.29 is 22.4 Å². The maximum atomic E-state index is 14.0. The molecule has 4 rings (SSSR count). The number of hydrogen-bond donors (Lipinski definition) is 1. The predicted octanol–water partition coefficient (Wildman–Crippen LogP) is 3.10. The van der Waals surface area contributed by atoms with Crippen molar-refractivity contribution in [1.29, 1.82) is 0 Å². The van der Waals surface area contributed by atoms with E-state index in [9.17, 15) is 22.4 Å². The van der Waals surface area contributed by atoms with Gasteiger partial charge in [0.25, 0.3) is 11.8 Å². The van der Waals surface area contributed by atoms with Crippen LogP contribution in [-0.4, -0.2) is 36.7 Å². The maximum absolute atomic E-state index is 14.0. The van der Waals surface area contributed by atoms with E-state index in [-0.39, 0.29) is 40.7 Å². The lowest BCUT2D eigenvalue weighted by Gasteiger charge is -2.18. The third-order valence-corrected chi connectivity index (χ3v) is 6.83. The fraction of sp³-hybridized carbons (Fsp3) is 0.174. The second kappa shape index (κ2) is 8.60. The van der Waals surface area contributed by atoms with Gasteiger partial charge in [0.15, 0.2) is 0 Å². The molecule has 1 aliphatic heterocycles. The number of halogens is 1. The molecule has 1 N–H and O–H groups in total. The maximum Gasteiger partial charge on any atom is 0.280 e. The highest BCUT2D eigenvalue weighted by Crippen LogP contribution is 2.26. The molecule has 0 bridgehead atoms. The number of nitrogens with one attached hydrogen (secondary N) is 1. The van der Waals surface area contributed by atoms with Crippen molar-refractivity contribution in [1.82, 2.24) is 14.6 Å². The van der Waals surface area contributed by atoms with Crippen LogP contribution in [0.25, 0.3) is 0 Å². The van der Waals surface area contributed by atoms with Crippen molar-refractivity contribution in [2.45, 2.75) is 24.3 Å². The largest absolute Gasteiger partial charge is 0.280 e. The predicted molar refractivity (Wildman–Crippen MR) is 115 cm³/mol. The molecule has 164 valence electrons. The molecule has 32 heavy (non-hydrogen) atoms. The van der Waals surface area contributed by atoms with Crippen molar-refractivity contribution in [3.8, 4) is 0 Å². The van der Waals surface area contributed by atoms with E-state index in [0.29, 0.717) is 0 Å². The van der Waals surface area contributed by atoms with Gasteiger partial charge in [-0.15, -0.1) is 0 Å². The Morgan fingerprint density at radius 1 is 1.03 bits per heavy atom. The lowest BCUT2D eigenvalue weighted by atomic mass is 10.0. The van der Waals surface area contributed by atoms with Crippen LogP contribution in [0.15, 0.2) is 71.8 Å². The molecule has 1 aliphatic rings. The minimum atomic E-state index is -4.12. The van der Waals surface area contributed by atoms with Gasteiger partial charge in [-0.25, -0.2) is 17.5 Å². The summed E-state index contributed by atoms with van der Waals surface area (Å²) in [6.07, 6.45) is 1.40. The summed E-state index contributed by atoms with van der Waals surface area (Å²) in [6, 6.07) is 15.7. The number of pyridine rings is 1. The number of sulfonamides is 1. The molecule has 7 nitrogen and oxygen atoms in total. The number of amides is 2. The van der Waals surface area contributed by atoms with Crippen molar-refractivity contribution in [3.05, 3.63) is 95.1 Å². The van der Waals surface area contributed by atoms with Gasteiger partial charge in [0, 0.05) is 12.7 Å². The van der Waals surface area contributed by atoms with Gasteiger partial charge in [0.2, 0.25) is 10.0 Å². The Balaban J connectivity index is 1.58. The molecule has 3 aromatic rings. The van der Waals surface area contributed by atoms with E-state index in [1.165, 1.54) is 18.3 Å². The molecule has 0 fully saturated rings. The molecule has 2 aromatic carbocycles. The molecule has 9 heteroatoms. The van der Waals surface area contributed by atoms with Crippen LogP contribution in [0.3, 0.4) is 0 Å². The normalized spacial score (nSPS) is 14.5. The summed E-state index contributed by atoms with van der Waals surface area (Å²) in [5, 5.41) is 0. The first-order valence-electron chi connectivity index (χ1n) is 9.92. The van der Waals surface area contributed by atoms with Crippen molar-refractivity contribution in [2.24, 2.45) is 0 Å². The Bertz CT molecular complexity index is 1260. The minimum Gasteiger partial charge on any atom is -0.268 e. The van der Waals surface area contributed by atoms with Gasteiger partial charge >= 0.3 is 0 Å². The number of carbonyl (C=O) groups is 2. The number of nitrogens with zero attached hydrogens (tertiary/aromatic N) is 2. The van der Waals surface area contributed by atoms with E-state index in [0.717, 1.165) is 22.6 Å². The smallest absolute Gasteiger partial charge is 0.268 e. The zero-order chi connectivity index (χ0) is 22.9. The van der Waals surface area contributed by atoms with E-state index in [4.69, 9.17) is 0 Å². The highest BCUT2D eigenvalue weighted by Gasteiger charge is 2.37. The first-order chi connectivity index (χ1) is 15.3. The molecular weight excluding hydrogens is 433 g/mol. The molecule has 0 unspecified atom stereocenters. The Hall–Kier alpha value is -3.43. The van der Waals surface area contributed by atoms with E-state index in [1.807, 2.05) is 37.3 Å². The van der Waals surface area contributed by atoms with Crippen LogP contribution in [0.5, 0.6) is 0 Å². The Kier molecular flexibility index (Phi) is 5.86. The summed E-state index contributed by atoms with van der Waals surface area (Å²) in [4.78, 5) is 29.8. The molecule has 0 spiro atoms. The molecule has 0 saturated heterocycles. The SMILES string of the molecule is C[C@@H](CNS(=O)(=O)c1cc(F)ccc1CN1C(=O)c2cccnc2C1=O)c1ccccc1. The number of aromatic nitrogens is 1. The van der Waals surface area contributed by atoms with Gasteiger partial charge in [-0.2, -0.15) is 0 Å². The fourth-order valence-corrected chi connectivity index (χ4v) is 4.92. The van der Waals surface area contributed by atoms with Crippen molar-refractivity contribution >= 4 is 21.8 Å². The summed E-state index contributed by atoms with van der Waals surface area (Å²) in [6.45, 7) is 1.65. The second-order valence-corrected chi connectivity index (χ2v) is 9.25. The Morgan fingerprint density at radius 3 is 2.50 bits per heavy atom. The van der Waals surface area contributed by atoms with Crippen molar-refractivity contribution in [2.75, 3.05) is 6.54 Å². The average Bonchev–Trinajstić information content (AvgIpc) is 3.04. The van der Waals surface area contributed by atoms with Gasteiger partial charge in [-0.1, -0.05) is 43.3 Å². The molecule has 0 saturated carbocycles. The van der Waals surface area contributed by atoms with Crippen LogP contribution in [0.1, 0.15) is 44.8 Å². The standard InChI is InChI=1S/C23H20FN3O4S/c1-15(16-6-3-2-4-7-16)13-26-32(30,31)20-12-18(24)10-9-17(20)14-27-22(28)19-8-5-11-25-21(19)23(27)29/h2-12,15,26H,13-14H2,1H3/t15-/m0/s1. The lowest BCUT2D eigenvalue weighted by molar-refractivity contribution is 0.0639. The Labute approximate surface area is 185 Å². The molecule has 2 heterocycles. The highest BCUT2D eigenvalue weighted by molar-refractivity contribution is 7.89. The number of imide groups is 1. The van der Waals surface area contributed by atoms with Gasteiger partial charge < -0.3 is 0 Å². The van der Waals surface area contributed by atoms with E-state index in [2.05, 4.69) is 9.71 Å². The van der Waals surface area contributed by atoms with E-state index >= 15 is 0 Å². The lowest BCUT2D eigenvalue weighted by Crippen LogP contribution is -2.32. The number of hydrogen-bond acceptors (Lipinski definition) is 5. The summed E-state index contributed by atoms with van der Waals surface area (Å²) in [7, 11) is -4.12. The van der Waals surface area contributed by atoms with Gasteiger partial charge in [-0.05, 0) is 41.3 Å². The molecule has 0 aliphatic carbocycles. The number of fused-ring (bicyclic) bond motifs is 1. The minimum absolute atomic E-state index is 0.0128. The Morgan fingerprint density at radius 2 is 1.78 bits per heavy atom. The highest BCUT2D eigenvalue weighted by atomic mass is 32.2. The number of rotatable bonds is 7. The third kappa shape index (κ3) is 4.17. The van der Waals surface area contributed by atoms with Crippen LogP contribution in [-0.2, 0) is 16.6 Å². The zero-order valence-corrected chi connectivity index (χ0v) is 18.0. The van der Waals surface area contributed by atoms with E-state index in [1.54, 1.807) is 6.07 Å². The summed E-state index contributed by atoms with van der Waals surface area (Å²) < 4.78 is 42.5. The molecule has 1 aromatic heterocycles.